The van der Waals surface area contributed by atoms with E-state index < -0.39 is 11.7 Å². The molecule has 3 rings (SSSR count). The maximum atomic E-state index is 14.5. The van der Waals surface area contributed by atoms with Crippen LogP contribution in [0, 0.1) is 11.7 Å². The fourth-order valence-corrected chi connectivity index (χ4v) is 3.53. The summed E-state index contributed by atoms with van der Waals surface area (Å²) in [6.07, 6.45) is 4.16. The van der Waals surface area contributed by atoms with Crippen molar-refractivity contribution in [2.75, 3.05) is 25.4 Å². The predicted octanol–water partition coefficient (Wildman–Crippen LogP) is 3.09. The Balaban J connectivity index is 1.72. The lowest BCUT2D eigenvalue weighted by atomic mass is 9.99. The molecular weight excluding hydrogens is 357 g/mol. The summed E-state index contributed by atoms with van der Waals surface area (Å²) in [5.74, 6) is 0.614. The molecule has 0 aromatic heterocycles. The van der Waals surface area contributed by atoms with Gasteiger partial charge in [0.05, 0.1) is 12.2 Å². The Bertz CT molecular complexity index is 636. The Morgan fingerprint density at radius 3 is 2.77 bits per heavy atom. The van der Waals surface area contributed by atoms with Crippen LogP contribution in [-0.4, -0.2) is 41.1 Å². The maximum absolute atomic E-state index is 14.5. The van der Waals surface area contributed by atoms with Gasteiger partial charge in [-0.25, -0.2) is 4.39 Å². The van der Waals surface area contributed by atoms with E-state index in [1.54, 1.807) is 6.07 Å². The molecule has 0 atom stereocenters. The van der Waals surface area contributed by atoms with E-state index in [4.69, 9.17) is 4.74 Å². The maximum Gasteiger partial charge on any atom is 0.271 e. The van der Waals surface area contributed by atoms with Crippen molar-refractivity contribution >= 4 is 17.9 Å². The zero-order valence-electron chi connectivity index (χ0n) is 15.0. The molecule has 1 amide bonds. The first-order chi connectivity index (χ1) is 12.6. The molecule has 2 aliphatic rings. The first-order valence-corrected chi connectivity index (χ1v) is 10.1. The monoisotopic (exact) mass is 383 g/mol. The summed E-state index contributed by atoms with van der Waals surface area (Å²) in [5.41, 5.74) is 3.07. The zero-order chi connectivity index (χ0) is 18.5. The molecule has 144 valence electrons. The van der Waals surface area contributed by atoms with Gasteiger partial charge >= 0.3 is 0 Å². The Morgan fingerprint density at radius 2 is 2.12 bits per heavy atom. The molecule has 0 unspecified atom stereocenters. The lowest BCUT2D eigenvalue weighted by molar-refractivity contribution is -0.0246. The quantitative estimate of drug-likeness (QED) is 0.473. The second-order valence-electron chi connectivity index (χ2n) is 6.78. The molecule has 1 aromatic rings. The lowest BCUT2D eigenvalue weighted by Gasteiger charge is -2.23. The van der Waals surface area contributed by atoms with Crippen molar-refractivity contribution in [3.63, 3.8) is 0 Å². The van der Waals surface area contributed by atoms with Crippen molar-refractivity contribution in [2.24, 2.45) is 5.92 Å². The summed E-state index contributed by atoms with van der Waals surface area (Å²) >= 11 is 1.01. The number of hydrogen-bond donors (Lipinski definition) is 3. The van der Waals surface area contributed by atoms with E-state index in [2.05, 4.69) is 10.7 Å². The van der Waals surface area contributed by atoms with Gasteiger partial charge in [0.15, 0.2) is 0 Å². The standard InChI is InChI=1S/C18H26FN3O3S/c1-2-26-22(24)21-18(23)15-9-14(13-3-4-13)17(10-16(15)19)25-11-12-5-7-20-8-6-12/h9-10,12-13,20,24H,2-8,11H2,1H3,(H,21,23). The predicted molar refractivity (Wildman–Crippen MR) is 98.7 cm³/mol. The Kier molecular flexibility index (Phi) is 6.74. The van der Waals surface area contributed by atoms with Crippen LogP contribution < -0.4 is 15.5 Å². The van der Waals surface area contributed by atoms with E-state index in [1.807, 2.05) is 6.92 Å². The van der Waals surface area contributed by atoms with Crippen LogP contribution in [0.25, 0.3) is 0 Å². The number of nitrogens with zero attached hydrogens (tertiary/aromatic N) is 1. The highest BCUT2D eigenvalue weighted by molar-refractivity contribution is 7.96. The average Bonchev–Trinajstić information content (AvgIpc) is 3.46. The lowest BCUT2D eigenvalue weighted by Crippen LogP contribution is -2.35. The van der Waals surface area contributed by atoms with Crippen molar-refractivity contribution in [3.05, 3.63) is 29.1 Å². The number of hydrazine groups is 1. The van der Waals surface area contributed by atoms with E-state index in [0.717, 1.165) is 56.3 Å². The van der Waals surface area contributed by atoms with Crippen LogP contribution >= 0.6 is 11.9 Å². The van der Waals surface area contributed by atoms with Gasteiger partial charge in [0, 0.05) is 11.8 Å². The summed E-state index contributed by atoms with van der Waals surface area (Å²) in [6, 6.07) is 2.89. The Morgan fingerprint density at radius 1 is 1.38 bits per heavy atom. The summed E-state index contributed by atoms with van der Waals surface area (Å²) in [6.45, 7) is 4.39. The Hall–Kier alpha value is -1.35. The number of nitrogens with one attached hydrogen (secondary N) is 2. The number of piperidine rings is 1. The number of halogens is 1. The largest absolute Gasteiger partial charge is 0.493 e. The van der Waals surface area contributed by atoms with Crippen LogP contribution in [0.1, 0.15) is 54.4 Å². The van der Waals surface area contributed by atoms with Gasteiger partial charge in [-0.2, -0.15) is 0 Å². The van der Waals surface area contributed by atoms with Crippen molar-refractivity contribution in [3.8, 4) is 5.75 Å². The third-order valence-electron chi connectivity index (χ3n) is 4.74. The first-order valence-electron chi connectivity index (χ1n) is 9.18. The second-order valence-corrected chi connectivity index (χ2v) is 7.96. The number of benzene rings is 1. The van der Waals surface area contributed by atoms with Crippen LogP contribution in [0.5, 0.6) is 5.75 Å². The SMILES string of the molecule is CCSN(O)NC(=O)c1cc(C2CC2)c(OCC2CCNCC2)cc1F. The minimum Gasteiger partial charge on any atom is -0.493 e. The fourth-order valence-electron chi connectivity index (χ4n) is 3.14. The highest BCUT2D eigenvalue weighted by atomic mass is 32.2. The van der Waals surface area contributed by atoms with E-state index in [0.29, 0.717) is 34.5 Å². The summed E-state index contributed by atoms with van der Waals surface area (Å²) in [5, 5.41) is 12.9. The minimum atomic E-state index is -0.669. The molecule has 0 radical (unpaired) electrons. The summed E-state index contributed by atoms with van der Waals surface area (Å²) in [4.78, 5) is 12.2. The van der Waals surface area contributed by atoms with Gasteiger partial charge < -0.3 is 10.1 Å². The van der Waals surface area contributed by atoms with Gasteiger partial charge in [0.25, 0.3) is 5.91 Å². The molecule has 1 aliphatic heterocycles. The molecule has 1 aromatic carbocycles. The topological polar surface area (TPSA) is 73.8 Å². The first kappa shape index (κ1) is 19.4. The number of rotatable bonds is 8. The van der Waals surface area contributed by atoms with Crippen molar-refractivity contribution in [2.45, 2.75) is 38.5 Å². The molecule has 2 fully saturated rings. The zero-order valence-corrected chi connectivity index (χ0v) is 15.8. The number of ether oxygens (including phenoxy) is 1. The molecule has 1 saturated heterocycles. The van der Waals surface area contributed by atoms with E-state index in [-0.39, 0.29) is 5.56 Å². The molecule has 0 spiro atoms. The van der Waals surface area contributed by atoms with Crippen LogP contribution in [0.15, 0.2) is 12.1 Å². The summed E-state index contributed by atoms with van der Waals surface area (Å²) < 4.78 is 21.1. The fraction of sp³-hybridized carbons (Fsp3) is 0.611. The van der Waals surface area contributed by atoms with Gasteiger partial charge in [0.1, 0.15) is 11.6 Å². The molecule has 6 nitrogen and oxygen atoms in total. The normalized spacial score (nSPS) is 18.2. The van der Waals surface area contributed by atoms with E-state index in [9.17, 15) is 14.4 Å². The molecule has 8 heteroatoms. The van der Waals surface area contributed by atoms with Crippen LogP contribution in [0.3, 0.4) is 0 Å². The summed E-state index contributed by atoms with van der Waals surface area (Å²) in [7, 11) is 0. The van der Waals surface area contributed by atoms with E-state index >= 15 is 0 Å². The van der Waals surface area contributed by atoms with Gasteiger partial charge in [-0.15, -0.1) is 0 Å². The molecule has 1 aliphatic carbocycles. The van der Waals surface area contributed by atoms with Crippen molar-refractivity contribution < 1.29 is 19.1 Å². The smallest absolute Gasteiger partial charge is 0.271 e. The van der Waals surface area contributed by atoms with E-state index in [1.165, 1.54) is 6.07 Å². The number of carbonyl (C=O) groups is 1. The van der Waals surface area contributed by atoms with Crippen LogP contribution in [-0.2, 0) is 0 Å². The highest BCUT2D eigenvalue weighted by Crippen LogP contribution is 2.45. The van der Waals surface area contributed by atoms with Crippen LogP contribution in [0.2, 0.25) is 0 Å². The van der Waals surface area contributed by atoms with Crippen LogP contribution in [0.4, 0.5) is 4.39 Å². The Labute approximate surface area is 157 Å². The van der Waals surface area contributed by atoms with Crippen molar-refractivity contribution in [1.29, 1.82) is 0 Å². The third-order valence-corrected chi connectivity index (χ3v) is 5.34. The molecule has 3 N–H and O–H groups in total. The second kappa shape index (κ2) is 9.03. The number of carbonyl (C=O) groups excluding carboxylic acids is 1. The van der Waals surface area contributed by atoms with Gasteiger partial charge in [-0.1, -0.05) is 6.92 Å². The number of hydrogen-bond acceptors (Lipinski definition) is 6. The van der Waals surface area contributed by atoms with Gasteiger partial charge in [0.2, 0.25) is 0 Å². The van der Waals surface area contributed by atoms with Gasteiger partial charge in [-0.3, -0.25) is 15.4 Å². The molecule has 26 heavy (non-hydrogen) atoms. The molecule has 0 bridgehead atoms. The van der Waals surface area contributed by atoms with Crippen molar-refractivity contribution in [1.82, 2.24) is 15.3 Å². The molecule has 1 saturated carbocycles. The number of amides is 1. The van der Waals surface area contributed by atoms with Gasteiger partial charge in [-0.05, 0) is 78.8 Å². The molecule has 1 heterocycles. The average molecular weight is 383 g/mol. The highest BCUT2D eigenvalue weighted by Gasteiger charge is 2.30. The minimum absolute atomic E-state index is 0.0723. The molecular formula is C18H26FN3O3S. The third kappa shape index (κ3) is 5.09.